The summed E-state index contributed by atoms with van der Waals surface area (Å²) in [6.07, 6.45) is 4.25. The monoisotopic (exact) mass is 261 g/mol. The lowest BCUT2D eigenvalue weighted by Crippen LogP contribution is -2.46. The topological polar surface area (TPSA) is 12.5 Å². The Hall–Kier alpha value is 0.400. The van der Waals surface area contributed by atoms with Gasteiger partial charge in [-0.15, -0.1) is 0 Å². The second kappa shape index (κ2) is 4.11. The van der Waals surface area contributed by atoms with Crippen LogP contribution in [0.1, 0.15) is 33.1 Å². The van der Waals surface area contributed by atoms with Crippen molar-refractivity contribution in [2.45, 2.75) is 49.6 Å². The van der Waals surface area contributed by atoms with E-state index >= 15 is 0 Å². The zero-order valence-electron chi connectivity index (χ0n) is 9.13. The molecule has 2 unspecified atom stereocenters. The molecule has 2 nitrogen and oxygen atoms in total. The standard InChI is InChI=1S/C11H20BrNO/c1-11(2)10(12)5-6-13(11)8-9-4-3-7-14-9/h9-10H,3-8H2,1-2H3. The summed E-state index contributed by atoms with van der Waals surface area (Å²) in [7, 11) is 0. The van der Waals surface area contributed by atoms with Crippen molar-refractivity contribution in [1.29, 1.82) is 0 Å². The lowest BCUT2D eigenvalue weighted by atomic mass is 10.0. The number of halogens is 1. The quantitative estimate of drug-likeness (QED) is 0.709. The number of rotatable bonds is 2. The van der Waals surface area contributed by atoms with Crippen molar-refractivity contribution in [1.82, 2.24) is 4.90 Å². The second-order valence-corrected chi connectivity index (χ2v) is 6.10. The molecule has 0 spiro atoms. The second-order valence-electron chi connectivity index (χ2n) is 4.99. The first-order valence-electron chi connectivity index (χ1n) is 5.61. The van der Waals surface area contributed by atoms with Gasteiger partial charge in [0.2, 0.25) is 0 Å². The van der Waals surface area contributed by atoms with Crippen LogP contribution in [-0.2, 0) is 4.74 Å². The maximum absolute atomic E-state index is 5.69. The first-order valence-corrected chi connectivity index (χ1v) is 6.53. The van der Waals surface area contributed by atoms with Crippen molar-refractivity contribution in [3.8, 4) is 0 Å². The molecule has 0 N–H and O–H groups in total. The van der Waals surface area contributed by atoms with Crippen LogP contribution in [0.3, 0.4) is 0 Å². The maximum atomic E-state index is 5.69. The zero-order valence-corrected chi connectivity index (χ0v) is 10.7. The van der Waals surface area contributed by atoms with Gasteiger partial charge in [-0.3, -0.25) is 4.90 Å². The predicted octanol–water partition coefficient (Wildman–Crippen LogP) is 2.41. The largest absolute Gasteiger partial charge is 0.377 e. The van der Waals surface area contributed by atoms with Crippen LogP contribution in [0.15, 0.2) is 0 Å². The minimum absolute atomic E-state index is 0.298. The van der Waals surface area contributed by atoms with E-state index in [2.05, 4.69) is 34.7 Å². The van der Waals surface area contributed by atoms with E-state index in [-0.39, 0.29) is 0 Å². The molecule has 2 fully saturated rings. The van der Waals surface area contributed by atoms with Gasteiger partial charge < -0.3 is 4.74 Å². The average Bonchev–Trinajstić information content (AvgIpc) is 2.70. The highest BCUT2D eigenvalue weighted by Crippen LogP contribution is 2.34. The van der Waals surface area contributed by atoms with Crippen LogP contribution in [0.4, 0.5) is 0 Å². The third-order valence-corrected chi connectivity index (χ3v) is 5.26. The molecule has 0 aliphatic carbocycles. The Morgan fingerprint density at radius 1 is 1.43 bits per heavy atom. The van der Waals surface area contributed by atoms with Crippen LogP contribution in [0.2, 0.25) is 0 Å². The van der Waals surface area contributed by atoms with Gasteiger partial charge in [-0.25, -0.2) is 0 Å². The van der Waals surface area contributed by atoms with Crippen molar-refractivity contribution in [3.05, 3.63) is 0 Å². The van der Waals surface area contributed by atoms with Crippen LogP contribution in [0.25, 0.3) is 0 Å². The summed E-state index contributed by atoms with van der Waals surface area (Å²) >= 11 is 3.77. The third kappa shape index (κ3) is 2.00. The molecule has 0 aromatic rings. The molecular formula is C11H20BrNO. The van der Waals surface area contributed by atoms with Crippen molar-refractivity contribution < 1.29 is 4.74 Å². The molecule has 2 rings (SSSR count). The molecule has 2 aliphatic rings. The van der Waals surface area contributed by atoms with Crippen molar-refractivity contribution in [2.24, 2.45) is 0 Å². The summed E-state index contributed by atoms with van der Waals surface area (Å²) in [5, 5.41) is 0. The molecule has 14 heavy (non-hydrogen) atoms. The van der Waals surface area contributed by atoms with Gasteiger partial charge in [-0.05, 0) is 39.7 Å². The molecule has 2 atom stereocenters. The zero-order chi connectivity index (χ0) is 10.2. The minimum Gasteiger partial charge on any atom is -0.377 e. The normalized spacial score (nSPS) is 37.9. The van der Waals surface area contributed by atoms with Crippen LogP contribution in [-0.4, -0.2) is 41.1 Å². The molecule has 0 aromatic carbocycles. The molecule has 0 amide bonds. The first-order chi connectivity index (χ1) is 6.60. The van der Waals surface area contributed by atoms with Gasteiger partial charge in [0, 0.05) is 23.5 Å². The molecule has 0 saturated carbocycles. The molecule has 2 heterocycles. The van der Waals surface area contributed by atoms with Gasteiger partial charge in [0.05, 0.1) is 6.10 Å². The fourth-order valence-corrected chi connectivity index (χ4v) is 2.96. The molecule has 0 aromatic heterocycles. The number of likely N-dealkylation sites (tertiary alicyclic amines) is 1. The highest BCUT2D eigenvalue weighted by Gasteiger charge is 2.40. The van der Waals surface area contributed by atoms with E-state index in [0.717, 1.165) is 13.2 Å². The lowest BCUT2D eigenvalue weighted by molar-refractivity contribution is 0.0524. The van der Waals surface area contributed by atoms with E-state index in [1.807, 2.05) is 0 Å². The molecule has 0 radical (unpaired) electrons. The number of hydrogen-bond acceptors (Lipinski definition) is 2. The van der Waals surface area contributed by atoms with E-state index in [0.29, 0.717) is 16.5 Å². The number of nitrogens with zero attached hydrogens (tertiary/aromatic N) is 1. The van der Waals surface area contributed by atoms with Crippen LogP contribution in [0, 0.1) is 0 Å². The van der Waals surface area contributed by atoms with Gasteiger partial charge in [-0.2, -0.15) is 0 Å². The molecular weight excluding hydrogens is 242 g/mol. The summed E-state index contributed by atoms with van der Waals surface area (Å²) < 4.78 is 5.69. The fourth-order valence-electron chi connectivity index (χ4n) is 2.47. The van der Waals surface area contributed by atoms with Crippen molar-refractivity contribution in [2.75, 3.05) is 19.7 Å². The van der Waals surface area contributed by atoms with Gasteiger partial charge in [-0.1, -0.05) is 15.9 Å². The smallest absolute Gasteiger partial charge is 0.0703 e. The van der Waals surface area contributed by atoms with Gasteiger partial charge in [0.1, 0.15) is 0 Å². The van der Waals surface area contributed by atoms with Crippen LogP contribution < -0.4 is 0 Å². The summed E-state index contributed by atoms with van der Waals surface area (Å²) in [4.78, 5) is 3.21. The molecule has 2 aliphatic heterocycles. The summed E-state index contributed by atoms with van der Waals surface area (Å²) in [6, 6.07) is 0. The Balaban J connectivity index is 1.91. The highest BCUT2D eigenvalue weighted by atomic mass is 79.9. The number of ether oxygens (including phenoxy) is 1. The number of alkyl halides is 1. The molecule has 2 saturated heterocycles. The third-order valence-electron chi connectivity index (χ3n) is 3.68. The van der Waals surface area contributed by atoms with Crippen LogP contribution in [0.5, 0.6) is 0 Å². The SMILES string of the molecule is CC1(C)C(Br)CCN1CC1CCCO1. The highest BCUT2D eigenvalue weighted by molar-refractivity contribution is 9.09. The lowest BCUT2D eigenvalue weighted by Gasteiger charge is -2.35. The van der Waals surface area contributed by atoms with Gasteiger partial charge >= 0.3 is 0 Å². The van der Waals surface area contributed by atoms with Crippen LogP contribution >= 0.6 is 15.9 Å². The van der Waals surface area contributed by atoms with Crippen molar-refractivity contribution in [3.63, 3.8) is 0 Å². The molecule has 82 valence electrons. The van der Waals surface area contributed by atoms with E-state index < -0.39 is 0 Å². The van der Waals surface area contributed by atoms with E-state index in [9.17, 15) is 0 Å². The first kappa shape index (κ1) is 10.9. The Bertz CT molecular complexity index is 201. The molecule has 0 bridgehead atoms. The summed E-state index contributed by atoms with van der Waals surface area (Å²) in [5.74, 6) is 0. The Labute approximate surface area is 95.1 Å². The Kier molecular flexibility index (Phi) is 3.20. The van der Waals surface area contributed by atoms with Crippen molar-refractivity contribution >= 4 is 15.9 Å². The van der Waals surface area contributed by atoms with Gasteiger partial charge in [0.15, 0.2) is 0 Å². The average molecular weight is 262 g/mol. The van der Waals surface area contributed by atoms with Gasteiger partial charge in [0.25, 0.3) is 0 Å². The summed E-state index contributed by atoms with van der Waals surface area (Å²) in [6.45, 7) is 7.96. The molecule has 3 heteroatoms. The minimum atomic E-state index is 0.298. The fraction of sp³-hybridized carbons (Fsp3) is 1.00. The van der Waals surface area contributed by atoms with E-state index in [1.54, 1.807) is 0 Å². The Morgan fingerprint density at radius 3 is 2.71 bits per heavy atom. The van der Waals surface area contributed by atoms with E-state index in [1.165, 1.54) is 25.8 Å². The predicted molar refractivity (Wildman–Crippen MR) is 62.0 cm³/mol. The number of hydrogen-bond donors (Lipinski definition) is 0. The summed E-state index contributed by atoms with van der Waals surface area (Å²) in [5.41, 5.74) is 0.298. The van der Waals surface area contributed by atoms with E-state index in [4.69, 9.17) is 4.74 Å². The maximum Gasteiger partial charge on any atom is 0.0703 e. The Morgan fingerprint density at radius 2 is 2.21 bits per heavy atom.